The second kappa shape index (κ2) is 6.73. The molecule has 0 fully saturated rings. The van der Waals surface area contributed by atoms with E-state index in [9.17, 15) is 4.79 Å². The van der Waals surface area contributed by atoms with Crippen molar-refractivity contribution in [3.05, 3.63) is 64.6 Å². The van der Waals surface area contributed by atoms with Gasteiger partial charge in [-0.05, 0) is 12.1 Å². The lowest BCUT2D eigenvalue weighted by atomic mass is 10.2. The SMILES string of the molecule is O=C(Nc1cc(-c2ccccc2)on1)Nc1c(Cl)cccc1Cl. The average molecular weight is 348 g/mol. The number of rotatable bonds is 3. The summed E-state index contributed by atoms with van der Waals surface area (Å²) in [5.41, 5.74) is 1.20. The minimum Gasteiger partial charge on any atom is -0.354 e. The highest BCUT2D eigenvalue weighted by Gasteiger charge is 2.12. The molecule has 0 unspecified atom stereocenters. The summed E-state index contributed by atoms with van der Waals surface area (Å²) < 4.78 is 5.20. The normalized spacial score (nSPS) is 10.3. The third-order valence-electron chi connectivity index (χ3n) is 3.01. The molecule has 23 heavy (non-hydrogen) atoms. The molecule has 0 radical (unpaired) electrons. The first-order valence-corrected chi connectivity index (χ1v) is 7.43. The number of carbonyl (C=O) groups excluding carboxylic acids is 1. The Hall–Kier alpha value is -2.50. The van der Waals surface area contributed by atoms with Crippen molar-refractivity contribution in [1.29, 1.82) is 0 Å². The number of nitrogens with zero attached hydrogens (tertiary/aromatic N) is 1. The van der Waals surface area contributed by atoms with E-state index < -0.39 is 6.03 Å². The van der Waals surface area contributed by atoms with E-state index in [-0.39, 0.29) is 5.82 Å². The number of aromatic nitrogens is 1. The van der Waals surface area contributed by atoms with Crippen LogP contribution < -0.4 is 10.6 Å². The number of amides is 2. The number of para-hydroxylation sites is 1. The van der Waals surface area contributed by atoms with Crippen molar-refractivity contribution in [3.63, 3.8) is 0 Å². The molecule has 116 valence electrons. The van der Waals surface area contributed by atoms with Gasteiger partial charge in [-0.3, -0.25) is 5.32 Å². The quantitative estimate of drug-likeness (QED) is 0.676. The number of halogens is 2. The van der Waals surface area contributed by atoms with Gasteiger partial charge < -0.3 is 9.84 Å². The first-order chi connectivity index (χ1) is 11.1. The van der Waals surface area contributed by atoms with Gasteiger partial charge in [-0.25, -0.2) is 4.79 Å². The van der Waals surface area contributed by atoms with Gasteiger partial charge in [0.1, 0.15) is 0 Å². The van der Waals surface area contributed by atoms with Gasteiger partial charge in [-0.15, -0.1) is 0 Å². The van der Waals surface area contributed by atoms with Crippen LogP contribution in [0, 0.1) is 0 Å². The molecule has 2 aromatic carbocycles. The standard InChI is InChI=1S/C16H11Cl2N3O2/c17-11-7-4-8-12(18)15(11)20-16(22)19-14-9-13(23-21-14)10-5-2-1-3-6-10/h1-9H,(H2,19,20,21,22). The Morgan fingerprint density at radius 2 is 1.65 bits per heavy atom. The number of hydrogen-bond donors (Lipinski definition) is 2. The Morgan fingerprint density at radius 3 is 2.35 bits per heavy atom. The number of hydrogen-bond acceptors (Lipinski definition) is 3. The van der Waals surface area contributed by atoms with Gasteiger partial charge in [-0.2, -0.15) is 0 Å². The molecule has 0 bridgehead atoms. The molecule has 5 nitrogen and oxygen atoms in total. The van der Waals surface area contributed by atoms with Gasteiger partial charge >= 0.3 is 6.03 Å². The summed E-state index contributed by atoms with van der Waals surface area (Å²) in [6.07, 6.45) is 0. The molecule has 0 aliphatic rings. The monoisotopic (exact) mass is 347 g/mol. The van der Waals surface area contributed by atoms with Crippen LogP contribution in [0.4, 0.5) is 16.3 Å². The number of anilines is 2. The second-order valence-corrected chi connectivity index (χ2v) is 5.43. The number of benzene rings is 2. The first kappa shape index (κ1) is 15.4. The third kappa shape index (κ3) is 3.64. The van der Waals surface area contributed by atoms with Crippen LogP contribution in [0.25, 0.3) is 11.3 Å². The maximum atomic E-state index is 12.0. The highest BCUT2D eigenvalue weighted by atomic mass is 35.5. The predicted octanol–water partition coefficient (Wildman–Crippen LogP) is 5.29. The van der Waals surface area contributed by atoms with E-state index in [0.29, 0.717) is 21.5 Å². The van der Waals surface area contributed by atoms with Crippen LogP contribution in [0.15, 0.2) is 59.1 Å². The highest BCUT2D eigenvalue weighted by Crippen LogP contribution is 2.30. The Labute approximate surface area is 142 Å². The fourth-order valence-corrected chi connectivity index (χ4v) is 2.44. The smallest absolute Gasteiger partial charge is 0.325 e. The summed E-state index contributed by atoms with van der Waals surface area (Å²) in [4.78, 5) is 12.0. The molecule has 0 atom stereocenters. The molecular weight excluding hydrogens is 337 g/mol. The molecule has 7 heteroatoms. The molecule has 2 amide bonds. The van der Waals surface area contributed by atoms with E-state index >= 15 is 0 Å². The maximum absolute atomic E-state index is 12.0. The van der Waals surface area contributed by atoms with Gasteiger partial charge in [0.05, 0.1) is 15.7 Å². The minimum absolute atomic E-state index is 0.282. The molecule has 0 aliphatic carbocycles. The Morgan fingerprint density at radius 1 is 0.957 bits per heavy atom. The van der Waals surface area contributed by atoms with Crippen LogP contribution >= 0.6 is 23.2 Å². The molecular formula is C16H11Cl2N3O2. The van der Waals surface area contributed by atoms with E-state index in [0.717, 1.165) is 5.56 Å². The summed E-state index contributed by atoms with van der Waals surface area (Å²) in [5, 5.41) is 9.64. The Balaban J connectivity index is 1.70. The largest absolute Gasteiger partial charge is 0.354 e. The molecule has 3 aromatic rings. The fourth-order valence-electron chi connectivity index (χ4n) is 1.95. The molecule has 3 rings (SSSR count). The van der Waals surface area contributed by atoms with Crippen LogP contribution in [-0.2, 0) is 0 Å². The Bertz CT molecular complexity index is 814. The number of urea groups is 1. The van der Waals surface area contributed by atoms with Crippen LogP contribution in [0.3, 0.4) is 0 Å². The Kier molecular flexibility index (Phi) is 4.50. The third-order valence-corrected chi connectivity index (χ3v) is 3.64. The van der Waals surface area contributed by atoms with Crippen LogP contribution in [-0.4, -0.2) is 11.2 Å². The zero-order valence-electron chi connectivity index (χ0n) is 11.7. The van der Waals surface area contributed by atoms with Gasteiger partial charge in [0.25, 0.3) is 0 Å². The van der Waals surface area contributed by atoms with Gasteiger partial charge in [0.2, 0.25) is 0 Å². The summed E-state index contributed by atoms with van der Waals surface area (Å²) in [6.45, 7) is 0. The van der Waals surface area contributed by atoms with Crippen molar-refractivity contribution in [2.75, 3.05) is 10.6 Å². The van der Waals surface area contributed by atoms with Crippen molar-refractivity contribution >= 4 is 40.7 Å². The lowest BCUT2D eigenvalue weighted by Crippen LogP contribution is -2.20. The van der Waals surface area contributed by atoms with Crippen molar-refractivity contribution in [2.45, 2.75) is 0 Å². The molecule has 2 N–H and O–H groups in total. The zero-order chi connectivity index (χ0) is 16.2. The molecule has 0 saturated heterocycles. The minimum atomic E-state index is -0.520. The summed E-state index contributed by atoms with van der Waals surface area (Å²) in [6, 6.07) is 15.5. The maximum Gasteiger partial charge on any atom is 0.325 e. The lowest BCUT2D eigenvalue weighted by molar-refractivity contribution is 0.262. The van der Waals surface area contributed by atoms with Gasteiger partial charge in [0.15, 0.2) is 11.6 Å². The van der Waals surface area contributed by atoms with Crippen LogP contribution in [0.1, 0.15) is 0 Å². The van der Waals surface area contributed by atoms with Crippen LogP contribution in [0.2, 0.25) is 10.0 Å². The van der Waals surface area contributed by atoms with E-state index in [1.165, 1.54) is 0 Å². The zero-order valence-corrected chi connectivity index (χ0v) is 13.2. The topological polar surface area (TPSA) is 67.2 Å². The highest BCUT2D eigenvalue weighted by molar-refractivity contribution is 6.39. The molecule has 1 heterocycles. The van der Waals surface area contributed by atoms with Gasteiger partial charge in [0, 0.05) is 11.6 Å². The lowest BCUT2D eigenvalue weighted by Gasteiger charge is -2.08. The summed E-state index contributed by atoms with van der Waals surface area (Å²) in [5.74, 6) is 0.834. The first-order valence-electron chi connectivity index (χ1n) is 6.67. The van der Waals surface area contributed by atoms with Gasteiger partial charge in [-0.1, -0.05) is 64.8 Å². The summed E-state index contributed by atoms with van der Waals surface area (Å²) >= 11 is 12.0. The predicted molar refractivity (Wildman–Crippen MR) is 91.0 cm³/mol. The molecule has 0 spiro atoms. The van der Waals surface area contributed by atoms with E-state index in [2.05, 4.69) is 15.8 Å². The van der Waals surface area contributed by atoms with Crippen molar-refractivity contribution < 1.29 is 9.32 Å². The van der Waals surface area contributed by atoms with Crippen molar-refractivity contribution in [2.24, 2.45) is 0 Å². The second-order valence-electron chi connectivity index (χ2n) is 4.62. The fraction of sp³-hybridized carbons (Fsp3) is 0. The van der Waals surface area contributed by atoms with E-state index in [1.807, 2.05) is 30.3 Å². The van der Waals surface area contributed by atoms with Crippen LogP contribution in [0.5, 0.6) is 0 Å². The molecule has 1 aromatic heterocycles. The van der Waals surface area contributed by atoms with Crippen molar-refractivity contribution in [3.8, 4) is 11.3 Å². The number of carbonyl (C=O) groups is 1. The number of nitrogens with one attached hydrogen (secondary N) is 2. The molecule has 0 saturated carbocycles. The van der Waals surface area contributed by atoms with E-state index in [4.69, 9.17) is 27.7 Å². The summed E-state index contributed by atoms with van der Waals surface area (Å²) in [7, 11) is 0. The van der Waals surface area contributed by atoms with E-state index in [1.54, 1.807) is 24.3 Å². The van der Waals surface area contributed by atoms with Crippen molar-refractivity contribution in [1.82, 2.24) is 5.16 Å². The molecule has 0 aliphatic heterocycles. The average Bonchev–Trinajstić information content (AvgIpc) is 3.00.